The molecular weight excluding hydrogens is 398 g/mol. The summed E-state index contributed by atoms with van der Waals surface area (Å²) in [5.41, 5.74) is 7.27. The van der Waals surface area contributed by atoms with Gasteiger partial charge in [-0.05, 0) is 43.2 Å². The molecule has 3 aromatic rings. The van der Waals surface area contributed by atoms with Crippen molar-refractivity contribution < 1.29 is 14.2 Å². The molecule has 1 fully saturated rings. The quantitative estimate of drug-likeness (QED) is 0.553. The Hall–Kier alpha value is -3.21. The minimum atomic E-state index is -0.869. The first-order chi connectivity index (χ1) is 15.5. The predicted molar refractivity (Wildman–Crippen MR) is 124 cm³/mol. The summed E-state index contributed by atoms with van der Waals surface area (Å²) in [5, 5.41) is 0. The smallest absolute Gasteiger partial charge is 0.256 e. The molecule has 0 radical (unpaired) electrons. The summed E-state index contributed by atoms with van der Waals surface area (Å²) in [5.74, 6) is 1.08. The van der Waals surface area contributed by atoms with Gasteiger partial charge in [-0.2, -0.15) is 0 Å². The van der Waals surface area contributed by atoms with Gasteiger partial charge in [0.25, 0.3) is 5.82 Å². The molecule has 0 saturated heterocycles. The molecule has 1 amide bonds. The van der Waals surface area contributed by atoms with Crippen LogP contribution in [0, 0.1) is 5.92 Å². The predicted octanol–water partition coefficient (Wildman–Crippen LogP) is 3.74. The summed E-state index contributed by atoms with van der Waals surface area (Å²) in [6.45, 7) is 4.14. The van der Waals surface area contributed by atoms with Crippen LogP contribution in [0.25, 0.3) is 0 Å². The molecular formula is C27H32N3O2+. The van der Waals surface area contributed by atoms with Crippen molar-refractivity contribution >= 4 is 11.7 Å². The highest BCUT2D eigenvalue weighted by Crippen LogP contribution is 2.49. The molecule has 2 aromatic carbocycles. The fraction of sp³-hybridized carbons (Fsp3) is 0.370. The van der Waals surface area contributed by atoms with Gasteiger partial charge in [0, 0.05) is 6.42 Å². The number of hydrogen-bond donors (Lipinski definition) is 1. The Labute approximate surface area is 189 Å². The molecule has 5 heteroatoms. The molecule has 2 unspecified atom stereocenters. The van der Waals surface area contributed by atoms with E-state index < -0.39 is 5.41 Å². The number of hydrogen-bond acceptors (Lipinski definition) is 2. The van der Waals surface area contributed by atoms with Gasteiger partial charge < -0.3 is 5.73 Å². The number of carbonyl (C=O) groups is 2. The second kappa shape index (κ2) is 9.11. The van der Waals surface area contributed by atoms with Gasteiger partial charge in [-0.3, -0.25) is 9.59 Å². The molecule has 0 bridgehead atoms. The van der Waals surface area contributed by atoms with Gasteiger partial charge in [0.2, 0.25) is 5.91 Å². The fourth-order valence-corrected chi connectivity index (χ4v) is 5.70. The maximum absolute atomic E-state index is 13.3. The maximum atomic E-state index is 13.3. The molecule has 0 aliphatic heterocycles. The van der Waals surface area contributed by atoms with E-state index in [9.17, 15) is 9.59 Å². The van der Waals surface area contributed by atoms with Crippen molar-refractivity contribution in [3.05, 3.63) is 90.0 Å². The van der Waals surface area contributed by atoms with Crippen molar-refractivity contribution in [2.75, 3.05) is 0 Å². The molecule has 0 spiro atoms. The van der Waals surface area contributed by atoms with Crippen LogP contribution in [0.15, 0.2) is 73.1 Å². The number of carbonyl (C=O) groups excluding carboxylic acids is 2. The van der Waals surface area contributed by atoms with Crippen LogP contribution in [0.4, 0.5) is 0 Å². The average molecular weight is 431 g/mol. The van der Waals surface area contributed by atoms with Gasteiger partial charge in [-0.1, -0.05) is 67.6 Å². The molecule has 4 rings (SSSR count). The number of imidazole rings is 1. The standard InChI is InChI=1S/C27H31N3O2/c1-3-25-29(19-20(2)31)16-17-30(25)24-15-14-23(18-24)27(26(28)32,21-10-6-4-7-11-21)22-12-8-5-9-13-22/h4-13,16-17,23-24H,3,14-15,18-19H2,1-2H3,(H-,28,32)/p+1. The number of rotatable bonds is 8. The maximum Gasteiger partial charge on any atom is 0.256 e. The van der Waals surface area contributed by atoms with Gasteiger partial charge in [0.15, 0.2) is 5.78 Å². The summed E-state index contributed by atoms with van der Waals surface area (Å²) < 4.78 is 4.36. The highest BCUT2D eigenvalue weighted by molar-refractivity contribution is 5.91. The zero-order valence-electron chi connectivity index (χ0n) is 18.9. The highest BCUT2D eigenvalue weighted by atomic mass is 16.1. The number of nitrogens with zero attached hydrogens (tertiary/aromatic N) is 2. The van der Waals surface area contributed by atoms with Crippen LogP contribution < -0.4 is 10.3 Å². The largest absolute Gasteiger partial charge is 0.369 e. The first kappa shape index (κ1) is 22.0. The molecule has 1 aliphatic rings. The molecule has 1 saturated carbocycles. The monoisotopic (exact) mass is 430 g/mol. The second-order valence-electron chi connectivity index (χ2n) is 8.87. The molecule has 32 heavy (non-hydrogen) atoms. The van der Waals surface area contributed by atoms with Crippen molar-refractivity contribution in [1.29, 1.82) is 0 Å². The van der Waals surface area contributed by atoms with Gasteiger partial charge in [0.1, 0.15) is 30.4 Å². The van der Waals surface area contributed by atoms with Crippen LogP contribution in [0.2, 0.25) is 0 Å². The highest BCUT2D eigenvalue weighted by Gasteiger charge is 2.51. The molecule has 2 N–H and O–H groups in total. The van der Waals surface area contributed by atoms with Crippen molar-refractivity contribution in [3.63, 3.8) is 0 Å². The Morgan fingerprint density at radius 1 is 1.03 bits per heavy atom. The molecule has 5 nitrogen and oxygen atoms in total. The van der Waals surface area contributed by atoms with Gasteiger partial charge >= 0.3 is 0 Å². The first-order valence-corrected chi connectivity index (χ1v) is 11.5. The Morgan fingerprint density at radius 2 is 1.62 bits per heavy atom. The van der Waals surface area contributed by atoms with E-state index in [4.69, 9.17) is 5.73 Å². The number of aromatic nitrogens is 2. The minimum Gasteiger partial charge on any atom is -0.369 e. The van der Waals surface area contributed by atoms with E-state index in [1.54, 1.807) is 6.92 Å². The number of ketones is 1. The van der Waals surface area contributed by atoms with E-state index in [1.165, 1.54) is 0 Å². The lowest BCUT2D eigenvalue weighted by Gasteiger charge is -2.37. The van der Waals surface area contributed by atoms with Gasteiger partial charge in [0.05, 0.1) is 0 Å². The van der Waals surface area contributed by atoms with Crippen molar-refractivity contribution in [1.82, 2.24) is 4.57 Å². The third kappa shape index (κ3) is 3.77. The van der Waals surface area contributed by atoms with E-state index in [2.05, 4.69) is 17.7 Å². The summed E-state index contributed by atoms with van der Waals surface area (Å²) >= 11 is 0. The van der Waals surface area contributed by atoms with E-state index in [0.29, 0.717) is 6.54 Å². The van der Waals surface area contributed by atoms with Gasteiger partial charge in [-0.25, -0.2) is 9.13 Å². The third-order valence-corrected chi connectivity index (χ3v) is 7.00. The first-order valence-electron chi connectivity index (χ1n) is 11.5. The summed E-state index contributed by atoms with van der Waals surface area (Å²) in [6.07, 6.45) is 7.68. The third-order valence-electron chi connectivity index (χ3n) is 7.00. The van der Waals surface area contributed by atoms with E-state index in [-0.39, 0.29) is 23.7 Å². The number of Topliss-reactive ketones (excluding diaryl/α,β-unsaturated/α-hetero) is 1. The Bertz CT molecular complexity index is 1050. The van der Waals surface area contributed by atoms with E-state index >= 15 is 0 Å². The number of amides is 1. The molecule has 166 valence electrons. The SMILES string of the molecule is CCc1n(C2CCC(C(C(N)=O)(c3ccccc3)c3ccccc3)C2)cc[n+]1CC(C)=O. The number of benzene rings is 2. The van der Waals surface area contributed by atoms with Crippen molar-refractivity contribution in [2.45, 2.75) is 57.5 Å². The summed E-state index contributed by atoms with van der Waals surface area (Å²) in [4.78, 5) is 25.0. The van der Waals surface area contributed by atoms with Crippen LogP contribution in [0.1, 0.15) is 56.1 Å². The Morgan fingerprint density at radius 3 is 2.12 bits per heavy atom. The molecule has 1 aromatic heterocycles. The van der Waals surface area contributed by atoms with E-state index in [1.807, 2.05) is 71.4 Å². The van der Waals surface area contributed by atoms with Crippen LogP contribution in [-0.4, -0.2) is 16.3 Å². The minimum absolute atomic E-state index is 0.0863. The fourth-order valence-electron chi connectivity index (χ4n) is 5.70. The summed E-state index contributed by atoms with van der Waals surface area (Å²) in [7, 11) is 0. The van der Waals surface area contributed by atoms with Crippen LogP contribution in [0.3, 0.4) is 0 Å². The normalized spacial score (nSPS) is 18.6. The molecule has 2 atom stereocenters. The van der Waals surface area contributed by atoms with Crippen LogP contribution >= 0.6 is 0 Å². The topological polar surface area (TPSA) is 69.0 Å². The van der Waals surface area contributed by atoms with Crippen LogP contribution in [-0.2, 0) is 28.0 Å². The zero-order valence-corrected chi connectivity index (χ0v) is 18.9. The van der Waals surface area contributed by atoms with Crippen molar-refractivity contribution in [2.24, 2.45) is 11.7 Å². The van der Waals surface area contributed by atoms with Gasteiger partial charge in [-0.15, -0.1) is 0 Å². The lowest BCUT2D eigenvalue weighted by Crippen LogP contribution is -2.47. The van der Waals surface area contributed by atoms with E-state index in [0.717, 1.165) is 42.6 Å². The Balaban J connectivity index is 1.75. The summed E-state index contributed by atoms with van der Waals surface area (Å²) in [6, 6.07) is 20.2. The molecule has 1 aliphatic carbocycles. The average Bonchev–Trinajstić information content (AvgIpc) is 3.42. The Kier molecular flexibility index (Phi) is 6.26. The second-order valence-corrected chi connectivity index (χ2v) is 8.87. The number of nitrogens with two attached hydrogens (primary N) is 1. The van der Waals surface area contributed by atoms with Crippen LogP contribution in [0.5, 0.6) is 0 Å². The molecule has 1 heterocycles. The lowest BCUT2D eigenvalue weighted by atomic mass is 9.64. The zero-order chi connectivity index (χ0) is 22.7. The number of primary amides is 1. The van der Waals surface area contributed by atoms with Crippen molar-refractivity contribution in [3.8, 4) is 0 Å². The lowest BCUT2D eigenvalue weighted by molar-refractivity contribution is -0.691.